The fraction of sp³-hybridized carbons (Fsp3) is 0.318. The van der Waals surface area contributed by atoms with Gasteiger partial charge in [0.1, 0.15) is 5.75 Å². The minimum absolute atomic E-state index is 0.126. The van der Waals surface area contributed by atoms with E-state index >= 15 is 0 Å². The molecule has 0 spiro atoms. The number of ether oxygens (including phenoxy) is 2. The largest absolute Gasteiger partial charge is 0.497 e. The fourth-order valence-corrected chi connectivity index (χ4v) is 2.98. The van der Waals surface area contributed by atoms with E-state index in [-0.39, 0.29) is 23.7 Å². The van der Waals surface area contributed by atoms with Crippen LogP contribution < -0.4 is 15.4 Å². The molecule has 3 rings (SSSR count). The second kappa shape index (κ2) is 9.23. The summed E-state index contributed by atoms with van der Waals surface area (Å²) in [5.41, 5.74) is 1.96. The summed E-state index contributed by atoms with van der Waals surface area (Å²) >= 11 is 0. The Morgan fingerprint density at radius 2 is 1.62 bits per heavy atom. The van der Waals surface area contributed by atoms with Crippen LogP contribution in [-0.4, -0.2) is 31.5 Å². The fourth-order valence-electron chi connectivity index (χ4n) is 2.98. The Labute approximate surface area is 169 Å². The second-order valence-corrected chi connectivity index (χ2v) is 6.80. The van der Waals surface area contributed by atoms with Gasteiger partial charge in [-0.25, -0.2) is 4.79 Å². The van der Waals surface area contributed by atoms with E-state index in [4.69, 9.17) is 9.47 Å². The number of benzene rings is 2. The van der Waals surface area contributed by atoms with Gasteiger partial charge in [-0.3, -0.25) is 9.59 Å². The number of carbonyl (C=O) groups excluding carboxylic acids is 3. The van der Waals surface area contributed by atoms with Gasteiger partial charge < -0.3 is 20.1 Å². The average Bonchev–Trinajstić information content (AvgIpc) is 3.54. The molecule has 2 N–H and O–H groups in total. The van der Waals surface area contributed by atoms with Crippen LogP contribution in [0.25, 0.3) is 0 Å². The summed E-state index contributed by atoms with van der Waals surface area (Å²) in [7, 11) is 1.60. The normalized spacial score (nSPS) is 17.2. The Balaban J connectivity index is 1.45. The van der Waals surface area contributed by atoms with Gasteiger partial charge in [0.15, 0.2) is 0 Å². The molecule has 0 aromatic heterocycles. The van der Waals surface area contributed by atoms with Crippen molar-refractivity contribution in [3.8, 4) is 5.75 Å². The van der Waals surface area contributed by atoms with E-state index in [1.165, 1.54) is 0 Å². The molecule has 2 unspecified atom stereocenters. The van der Waals surface area contributed by atoms with Crippen LogP contribution in [0.1, 0.15) is 29.3 Å². The summed E-state index contributed by atoms with van der Waals surface area (Å²) in [5, 5.41) is 5.66. The van der Waals surface area contributed by atoms with Gasteiger partial charge in [-0.15, -0.1) is 0 Å². The van der Waals surface area contributed by atoms with Crippen molar-refractivity contribution in [2.24, 2.45) is 11.8 Å². The van der Waals surface area contributed by atoms with Crippen LogP contribution in [0.5, 0.6) is 5.75 Å². The van der Waals surface area contributed by atoms with Gasteiger partial charge in [-0.2, -0.15) is 0 Å². The Hall–Kier alpha value is -3.35. The van der Waals surface area contributed by atoms with Gasteiger partial charge in [0, 0.05) is 12.2 Å². The molecule has 2 aromatic carbocycles. The molecule has 2 amide bonds. The molecule has 0 aliphatic heterocycles. The van der Waals surface area contributed by atoms with Crippen LogP contribution in [0.4, 0.5) is 5.69 Å². The number of amides is 2. The van der Waals surface area contributed by atoms with Gasteiger partial charge >= 0.3 is 5.97 Å². The molecule has 0 heterocycles. The van der Waals surface area contributed by atoms with Gasteiger partial charge in [-0.05, 0) is 55.3 Å². The molecule has 0 bridgehead atoms. The summed E-state index contributed by atoms with van der Waals surface area (Å²) in [5.74, 6) is -0.616. The number of carbonyl (C=O) groups is 3. The first-order chi connectivity index (χ1) is 14.0. The first-order valence-electron chi connectivity index (χ1n) is 9.50. The zero-order valence-electron chi connectivity index (χ0n) is 16.4. The van der Waals surface area contributed by atoms with Crippen molar-refractivity contribution < 1.29 is 23.9 Å². The number of methoxy groups -OCH3 is 1. The molecule has 7 heteroatoms. The molecular formula is C22H24N2O5. The van der Waals surface area contributed by atoms with Gasteiger partial charge in [0.25, 0.3) is 0 Å². The van der Waals surface area contributed by atoms with Crippen molar-refractivity contribution in [3.05, 3.63) is 59.7 Å². The van der Waals surface area contributed by atoms with E-state index in [0.717, 1.165) is 11.3 Å². The first-order valence-corrected chi connectivity index (χ1v) is 9.50. The molecule has 29 heavy (non-hydrogen) atoms. The molecular weight excluding hydrogens is 372 g/mol. The Bertz CT molecular complexity index is 877. The Morgan fingerprint density at radius 1 is 0.966 bits per heavy atom. The number of hydrogen-bond donors (Lipinski definition) is 2. The molecule has 1 aliphatic carbocycles. The van der Waals surface area contributed by atoms with Crippen molar-refractivity contribution in [2.45, 2.75) is 19.9 Å². The smallest absolute Gasteiger partial charge is 0.338 e. The summed E-state index contributed by atoms with van der Waals surface area (Å²) in [6.45, 7) is 2.45. The van der Waals surface area contributed by atoms with E-state index in [1.807, 2.05) is 24.3 Å². The zero-order valence-corrected chi connectivity index (χ0v) is 16.4. The summed E-state index contributed by atoms with van der Waals surface area (Å²) < 4.78 is 10.0. The topological polar surface area (TPSA) is 93.7 Å². The monoisotopic (exact) mass is 396 g/mol. The van der Waals surface area contributed by atoms with Crippen molar-refractivity contribution in [2.75, 3.05) is 19.0 Å². The third-order valence-corrected chi connectivity index (χ3v) is 4.75. The van der Waals surface area contributed by atoms with Crippen molar-refractivity contribution in [3.63, 3.8) is 0 Å². The number of rotatable bonds is 8. The maximum Gasteiger partial charge on any atom is 0.338 e. The zero-order chi connectivity index (χ0) is 20.8. The van der Waals surface area contributed by atoms with Crippen molar-refractivity contribution in [1.29, 1.82) is 0 Å². The highest BCUT2D eigenvalue weighted by molar-refractivity contribution is 5.99. The lowest BCUT2D eigenvalue weighted by molar-refractivity contribution is -0.125. The van der Waals surface area contributed by atoms with Crippen LogP contribution in [-0.2, 0) is 20.9 Å². The number of nitrogens with one attached hydrogen (secondary N) is 2. The third-order valence-electron chi connectivity index (χ3n) is 4.75. The van der Waals surface area contributed by atoms with E-state index < -0.39 is 5.97 Å². The number of anilines is 1. The highest BCUT2D eigenvalue weighted by Crippen LogP contribution is 2.39. The Morgan fingerprint density at radius 3 is 2.24 bits per heavy atom. The molecule has 7 nitrogen and oxygen atoms in total. The predicted molar refractivity (Wildman–Crippen MR) is 107 cm³/mol. The molecule has 1 saturated carbocycles. The van der Waals surface area contributed by atoms with Gasteiger partial charge in [-0.1, -0.05) is 12.1 Å². The third kappa shape index (κ3) is 5.34. The van der Waals surface area contributed by atoms with E-state index in [1.54, 1.807) is 38.3 Å². The highest BCUT2D eigenvalue weighted by Gasteiger charge is 2.47. The van der Waals surface area contributed by atoms with E-state index in [9.17, 15) is 14.4 Å². The maximum atomic E-state index is 12.4. The van der Waals surface area contributed by atoms with Gasteiger partial charge in [0.05, 0.1) is 31.1 Å². The quantitative estimate of drug-likeness (QED) is 0.669. The first kappa shape index (κ1) is 20.4. The van der Waals surface area contributed by atoms with E-state index in [2.05, 4.69) is 10.6 Å². The summed E-state index contributed by atoms with van der Waals surface area (Å²) in [6, 6.07) is 13.9. The lowest BCUT2D eigenvalue weighted by Gasteiger charge is -2.08. The molecule has 2 aromatic rings. The number of hydrogen-bond acceptors (Lipinski definition) is 5. The SMILES string of the molecule is CCOC(=O)c1ccc(NC(=O)C2CC2C(=O)NCc2ccc(OC)cc2)cc1. The standard InChI is InChI=1S/C22H24N2O5/c1-3-29-22(27)15-6-8-16(9-7-15)24-21(26)19-12-18(19)20(25)23-13-14-4-10-17(28-2)11-5-14/h4-11,18-19H,3,12-13H2,1-2H3,(H,23,25)(H,24,26). The van der Waals surface area contributed by atoms with E-state index in [0.29, 0.717) is 30.8 Å². The lowest BCUT2D eigenvalue weighted by atomic mass is 10.2. The van der Waals surface area contributed by atoms with Crippen LogP contribution in [0.3, 0.4) is 0 Å². The second-order valence-electron chi connectivity index (χ2n) is 6.80. The molecule has 2 atom stereocenters. The molecule has 0 radical (unpaired) electrons. The molecule has 152 valence electrons. The molecule has 1 fully saturated rings. The summed E-state index contributed by atoms with van der Waals surface area (Å²) in [4.78, 5) is 36.3. The lowest BCUT2D eigenvalue weighted by Crippen LogP contribution is -2.27. The predicted octanol–water partition coefficient (Wildman–Crippen LogP) is 2.76. The minimum atomic E-state index is -0.402. The van der Waals surface area contributed by atoms with Crippen molar-refractivity contribution >= 4 is 23.5 Å². The molecule has 0 saturated heterocycles. The van der Waals surface area contributed by atoms with Crippen LogP contribution in [0.15, 0.2) is 48.5 Å². The number of esters is 1. The van der Waals surface area contributed by atoms with Gasteiger partial charge in [0.2, 0.25) is 11.8 Å². The maximum absolute atomic E-state index is 12.4. The minimum Gasteiger partial charge on any atom is -0.497 e. The Kier molecular flexibility index (Phi) is 6.49. The van der Waals surface area contributed by atoms with Crippen LogP contribution in [0.2, 0.25) is 0 Å². The van der Waals surface area contributed by atoms with Crippen LogP contribution >= 0.6 is 0 Å². The molecule has 1 aliphatic rings. The summed E-state index contributed by atoms with van der Waals surface area (Å²) in [6.07, 6.45) is 0.529. The van der Waals surface area contributed by atoms with Crippen molar-refractivity contribution in [1.82, 2.24) is 5.32 Å². The average molecular weight is 396 g/mol. The highest BCUT2D eigenvalue weighted by atomic mass is 16.5. The van der Waals surface area contributed by atoms with Crippen LogP contribution in [0, 0.1) is 11.8 Å².